The summed E-state index contributed by atoms with van der Waals surface area (Å²) in [5, 5.41) is 11.6. The number of ketones is 1. The first kappa shape index (κ1) is 14.8. The van der Waals surface area contributed by atoms with Crippen molar-refractivity contribution in [1.82, 2.24) is 5.06 Å². The Labute approximate surface area is 126 Å². The molecule has 2 atom stereocenters. The molecule has 0 aliphatic carbocycles. The van der Waals surface area contributed by atoms with Crippen LogP contribution in [0.3, 0.4) is 0 Å². The molecule has 3 nitrogen and oxygen atoms in total. The van der Waals surface area contributed by atoms with E-state index in [4.69, 9.17) is 0 Å². The lowest BCUT2D eigenvalue weighted by atomic mass is 9.89. The summed E-state index contributed by atoms with van der Waals surface area (Å²) >= 11 is 0. The molecule has 0 radical (unpaired) electrons. The summed E-state index contributed by atoms with van der Waals surface area (Å²) < 4.78 is 26.1. The van der Waals surface area contributed by atoms with Crippen molar-refractivity contribution in [1.29, 1.82) is 0 Å². The van der Waals surface area contributed by atoms with Gasteiger partial charge in [-0.1, -0.05) is 24.3 Å². The average Bonchev–Trinajstić information content (AvgIpc) is 2.51. The highest BCUT2D eigenvalue weighted by Crippen LogP contribution is 2.38. The maximum Gasteiger partial charge on any atom is 0.136 e. The van der Waals surface area contributed by atoms with Gasteiger partial charge in [-0.25, -0.2) is 8.78 Å². The Morgan fingerprint density at radius 1 is 0.818 bits per heavy atom. The van der Waals surface area contributed by atoms with Gasteiger partial charge in [-0.15, -0.1) is 0 Å². The van der Waals surface area contributed by atoms with Crippen molar-refractivity contribution in [2.45, 2.75) is 24.9 Å². The second-order valence-electron chi connectivity index (χ2n) is 5.46. The predicted octanol–water partition coefficient (Wildman–Crippen LogP) is 3.80. The van der Waals surface area contributed by atoms with Crippen LogP contribution in [0.5, 0.6) is 0 Å². The Morgan fingerprint density at radius 2 is 1.18 bits per heavy atom. The van der Waals surface area contributed by atoms with E-state index in [2.05, 4.69) is 0 Å². The highest BCUT2D eigenvalue weighted by molar-refractivity contribution is 5.81. The number of piperidine rings is 1. The van der Waals surface area contributed by atoms with E-state index >= 15 is 0 Å². The quantitative estimate of drug-likeness (QED) is 0.917. The summed E-state index contributed by atoms with van der Waals surface area (Å²) in [5.41, 5.74) is 1.34. The zero-order valence-electron chi connectivity index (χ0n) is 11.7. The molecule has 1 fully saturated rings. The van der Waals surface area contributed by atoms with Crippen LogP contribution in [0.2, 0.25) is 0 Å². The Hall–Kier alpha value is -2.11. The molecule has 1 aliphatic heterocycles. The molecular formula is C17H15F2NO2. The van der Waals surface area contributed by atoms with E-state index < -0.39 is 12.1 Å². The van der Waals surface area contributed by atoms with Gasteiger partial charge in [0.25, 0.3) is 0 Å². The minimum atomic E-state index is -0.531. The number of hydroxylamine groups is 2. The van der Waals surface area contributed by atoms with Gasteiger partial charge >= 0.3 is 0 Å². The Balaban J connectivity index is 1.91. The van der Waals surface area contributed by atoms with Crippen LogP contribution in [-0.4, -0.2) is 16.1 Å². The summed E-state index contributed by atoms with van der Waals surface area (Å²) in [6, 6.07) is 10.4. The maximum atomic E-state index is 13.0. The first-order chi connectivity index (χ1) is 10.5. The number of nitrogens with zero attached hydrogens (tertiary/aromatic N) is 1. The molecule has 0 spiro atoms. The van der Waals surface area contributed by atoms with Crippen molar-refractivity contribution in [3.63, 3.8) is 0 Å². The second kappa shape index (κ2) is 5.94. The van der Waals surface area contributed by atoms with E-state index in [1.54, 1.807) is 24.3 Å². The average molecular weight is 303 g/mol. The SMILES string of the molecule is O=C1CC(c2ccc(F)cc2)N(O)C(c2ccc(F)cc2)C1. The smallest absolute Gasteiger partial charge is 0.136 e. The Bertz CT molecular complexity index is 613. The van der Waals surface area contributed by atoms with Gasteiger partial charge in [0.2, 0.25) is 0 Å². The van der Waals surface area contributed by atoms with Crippen LogP contribution in [0.25, 0.3) is 0 Å². The zero-order chi connectivity index (χ0) is 15.7. The van der Waals surface area contributed by atoms with Crippen LogP contribution < -0.4 is 0 Å². The molecule has 1 saturated heterocycles. The van der Waals surface area contributed by atoms with Crippen LogP contribution in [0, 0.1) is 11.6 Å². The van der Waals surface area contributed by atoms with E-state index in [-0.39, 0.29) is 30.3 Å². The molecule has 114 valence electrons. The lowest BCUT2D eigenvalue weighted by Crippen LogP contribution is -2.37. The molecule has 1 heterocycles. The van der Waals surface area contributed by atoms with Gasteiger partial charge in [0.1, 0.15) is 17.4 Å². The van der Waals surface area contributed by atoms with Crippen molar-refractivity contribution >= 4 is 5.78 Å². The molecule has 2 aromatic carbocycles. The fourth-order valence-electron chi connectivity index (χ4n) is 2.83. The summed E-state index contributed by atoms with van der Waals surface area (Å²) in [6.07, 6.45) is 0.333. The van der Waals surface area contributed by atoms with Gasteiger partial charge in [0, 0.05) is 12.8 Å². The predicted molar refractivity (Wildman–Crippen MR) is 76.1 cm³/mol. The molecule has 5 heteroatoms. The number of Topliss-reactive ketones (excluding diaryl/α,β-unsaturated/α-hetero) is 1. The highest BCUT2D eigenvalue weighted by atomic mass is 19.1. The maximum absolute atomic E-state index is 13.0. The largest absolute Gasteiger partial charge is 0.313 e. The van der Waals surface area contributed by atoms with E-state index in [0.29, 0.717) is 11.1 Å². The number of halogens is 2. The number of hydrogen-bond acceptors (Lipinski definition) is 3. The van der Waals surface area contributed by atoms with Crippen molar-refractivity contribution in [2.75, 3.05) is 0 Å². The Kier molecular flexibility index (Phi) is 4.00. The fraction of sp³-hybridized carbons (Fsp3) is 0.235. The van der Waals surface area contributed by atoms with Gasteiger partial charge in [0.15, 0.2) is 0 Å². The number of benzene rings is 2. The number of rotatable bonds is 2. The van der Waals surface area contributed by atoms with Crippen molar-refractivity contribution in [3.05, 3.63) is 71.3 Å². The van der Waals surface area contributed by atoms with Crippen molar-refractivity contribution < 1.29 is 18.8 Å². The number of carbonyl (C=O) groups excluding carboxylic acids is 1. The number of hydrogen-bond donors (Lipinski definition) is 1. The van der Waals surface area contributed by atoms with E-state index in [9.17, 15) is 18.8 Å². The Morgan fingerprint density at radius 3 is 1.55 bits per heavy atom. The standard InChI is InChI=1S/C17H15F2NO2/c18-13-5-1-11(2-6-13)16-9-15(21)10-17(20(16)22)12-3-7-14(19)8-4-12/h1-8,16-17,22H,9-10H2. The lowest BCUT2D eigenvalue weighted by molar-refractivity contribution is -0.185. The molecule has 0 aromatic heterocycles. The molecule has 2 unspecified atom stereocenters. The molecule has 0 bridgehead atoms. The minimum Gasteiger partial charge on any atom is -0.313 e. The van der Waals surface area contributed by atoms with Gasteiger partial charge in [-0.3, -0.25) is 4.79 Å². The highest BCUT2D eigenvalue weighted by Gasteiger charge is 2.35. The monoisotopic (exact) mass is 303 g/mol. The number of carbonyl (C=O) groups is 1. The summed E-state index contributed by atoms with van der Waals surface area (Å²) in [6.45, 7) is 0. The van der Waals surface area contributed by atoms with Gasteiger partial charge < -0.3 is 5.21 Å². The third kappa shape index (κ3) is 2.91. The van der Waals surface area contributed by atoms with E-state index in [0.717, 1.165) is 5.06 Å². The van der Waals surface area contributed by atoms with Crippen molar-refractivity contribution in [3.8, 4) is 0 Å². The molecule has 22 heavy (non-hydrogen) atoms. The van der Waals surface area contributed by atoms with Crippen molar-refractivity contribution in [2.24, 2.45) is 0 Å². The molecule has 0 saturated carbocycles. The van der Waals surface area contributed by atoms with E-state index in [1.807, 2.05) is 0 Å². The van der Waals surface area contributed by atoms with E-state index in [1.165, 1.54) is 24.3 Å². The van der Waals surface area contributed by atoms with Crippen LogP contribution >= 0.6 is 0 Å². The minimum absolute atomic E-state index is 0.00829. The molecule has 0 amide bonds. The fourth-order valence-corrected chi connectivity index (χ4v) is 2.83. The van der Waals surface area contributed by atoms with Crippen LogP contribution in [0.1, 0.15) is 36.1 Å². The summed E-state index contributed by atoms with van der Waals surface area (Å²) in [7, 11) is 0. The van der Waals surface area contributed by atoms with Gasteiger partial charge in [-0.05, 0) is 35.4 Å². The van der Waals surface area contributed by atoms with Crippen LogP contribution in [0.15, 0.2) is 48.5 Å². The molecule has 2 aromatic rings. The summed E-state index contributed by atoms with van der Waals surface area (Å²) in [5.74, 6) is -0.732. The topological polar surface area (TPSA) is 40.5 Å². The third-order valence-electron chi connectivity index (χ3n) is 3.99. The normalized spacial score (nSPS) is 22.8. The van der Waals surface area contributed by atoms with Crippen LogP contribution in [0.4, 0.5) is 8.78 Å². The van der Waals surface area contributed by atoms with Gasteiger partial charge in [0.05, 0.1) is 12.1 Å². The van der Waals surface area contributed by atoms with Crippen LogP contribution in [-0.2, 0) is 4.79 Å². The second-order valence-corrected chi connectivity index (χ2v) is 5.46. The molecule has 1 aliphatic rings. The van der Waals surface area contributed by atoms with Gasteiger partial charge in [-0.2, -0.15) is 5.06 Å². The first-order valence-corrected chi connectivity index (χ1v) is 7.04. The zero-order valence-corrected chi connectivity index (χ0v) is 11.7. The first-order valence-electron chi connectivity index (χ1n) is 7.04. The molecular weight excluding hydrogens is 288 g/mol. The molecule has 1 N–H and O–H groups in total. The lowest BCUT2D eigenvalue weighted by Gasteiger charge is -2.37. The third-order valence-corrected chi connectivity index (χ3v) is 3.99. The molecule has 3 rings (SSSR count). The summed E-state index contributed by atoms with van der Waals surface area (Å²) in [4.78, 5) is 12.0.